The summed E-state index contributed by atoms with van der Waals surface area (Å²) in [6.45, 7) is 0. The molecule has 7 heteroatoms. The summed E-state index contributed by atoms with van der Waals surface area (Å²) in [6, 6.07) is 23.6. The van der Waals surface area contributed by atoms with E-state index in [-0.39, 0.29) is 17.4 Å². The number of hydrogen-bond donors (Lipinski definition) is 2. The van der Waals surface area contributed by atoms with Crippen LogP contribution in [0.5, 0.6) is 5.88 Å². The van der Waals surface area contributed by atoms with Crippen LogP contribution in [0.25, 0.3) is 27.5 Å². The fourth-order valence-electron chi connectivity index (χ4n) is 3.31. The zero-order chi connectivity index (χ0) is 19.8. The number of aromatic amines is 1. The van der Waals surface area contributed by atoms with Crippen molar-refractivity contribution in [3.8, 4) is 11.6 Å². The van der Waals surface area contributed by atoms with Crippen LogP contribution in [0.4, 0.5) is 11.6 Å². The van der Waals surface area contributed by atoms with E-state index in [2.05, 4.69) is 20.2 Å². The van der Waals surface area contributed by atoms with Crippen LogP contribution in [0.3, 0.4) is 0 Å². The standard InChI is InChI=1S/C22H15N5O2/c28-20-19(15-10-4-6-12-17(15)23-20)25-26-22-24-18-13-7-5-11-16(18)21(29)27(22)14-8-2-1-3-9-14/h1-13,23,28H. The van der Waals surface area contributed by atoms with Gasteiger partial charge in [0.2, 0.25) is 5.88 Å². The van der Waals surface area contributed by atoms with Crippen LogP contribution in [-0.4, -0.2) is 19.6 Å². The summed E-state index contributed by atoms with van der Waals surface area (Å²) < 4.78 is 1.41. The highest BCUT2D eigenvalue weighted by atomic mass is 16.3. The van der Waals surface area contributed by atoms with Crippen LogP contribution in [0, 0.1) is 0 Å². The van der Waals surface area contributed by atoms with Crippen molar-refractivity contribution in [2.24, 2.45) is 10.2 Å². The average molecular weight is 381 g/mol. The second kappa shape index (κ2) is 6.72. The Kier molecular flexibility index (Phi) is 3.91. The minimum atomic E-state index is -0.237. The van der Waals surface area contributed by atoms with E-state index >= 15 is 0 Å². The Labute approximate surface area is 164 Å². The first kappa shape index (κ1) is 16.9. The number of rotatable bonds is 3. The normalized spacial score (nSPS) is 11.6. The van der Waals surface area contributed by atoms with Crippen molar-refractivity contribution in [2.45, 2.75) is 0 Å². The van der Waals surface area contributed by atoms with Gasteiger partial charge in [-0.05, 0) is 30.3 Å². The smallest absolute Gasteiger partial charge is 0.267 e. The predicted molar refractivity (Wildman–Crippen MR) is 111 cm³/mol. The summed E-state index contributed by atoms with van der Waals surface area (Å²) in [5, 5.41) is 19.9. The number of fused-ring (bicyclic) bond motifs is 2. The van der Waals surface area contributed by atoms with Gasteiger partial charge in [0.25, 0.3) is 11.5 Å². The molecule has 0 aliphatic carbocycles. The number of nitrogens with one attached hydrogen (secondary N) is 1. The van der Waals surface area contributed by atoms with Gasteiger partial charge in [0.15, 0.2) is 5.69 Å². The second-order valence-electron chi connectivity index (χ2n) is 6.47. The highest BCUT2D eigenvalue weighted by Crippen LogP contribution is 2.36. The van der Waals surface area contributed by atoms with Crippen LogP contribution < -0.4 is 5.56 Å². The predicted octanol–water partition coefficient (Wildman–Crippen LogP) is 4.99. The lowest BCUT2D eigenvalue weighted by molar-refractivity contribution is 0.459. The van der Waals surface area contributed by atoms with Crippen molar-refractivity contribution in [1.82, 2.24) is 14.5 Å². The van der Waals surface area contributed by atoms with Gasteiger partial charge < -0.3 is 10.1 Å². The van der Waals surface area contributed by atoms with Gasteiger partial charge in [-0.2, -0.15) is 0 Å². The molecule has 2 aromatic heterocycles. The molecule has 5 rings (SSSR count). The number of nitrogens with zero attached hydrogens (tertiary/aromatic N) is 4. The maximum atomic E-state index is 13.2. The fourth-order valence-corrected chi connectivity index (χ4v) is 3.31. The topological polar surface area (TPSA) is 95.6 Å². The third-order valence-electron chi connectivity index (χ3n) is 4.67. The van der Waals surface area contributed by atoms with Gasteiger partial charge in [-0.3, -0.25) is 4.79 Å². The van der Waals surface area contributed by atoms with Crippen LogP contribution in [0.1, 0.15) is 0 Å². The van der Waals surface area contributed by atoms with E-state index < -0.39 is 0 Å². The van der Waals surface area contributed by atoms with Gasteiger partial charge in [0.1, 0.15) is 0 Å². The third kappa shape index (κ3) is 2.85. The van der Waals surface area contributed by atoms with Crippen LogP contribution in [0.15, 0.2) is 93.9 Å². The summed E-state index contributed by atoms with van der Waals surface area (Å²) in [4.78, 5) is 20.6. The highest BCUT2D eigenvalue weighted by molar-refractivity contribution is 5.94. The number of hydrogen-bond acceptors (Lipinski definition) is 5. The number of benzene rings is 3. The lowest BCUT2D eigenvalue weighted by atomic mass is 10.2. The van der Waals surface area contributed by atoms with E-state index in [0.29, 0.717) is 22.3 Å². The van der Waals surface area contributed by atoms with Crippen molar-refractivity contribution >= 4 is 33.4 Å². The Morgan fingerprint density at radius 2 is 1.52 bits per heavy atom. The molecule has 29 heavy (non-hydrogen) atoms. The molecule has 0 aliphatic rings. The number of aromatic hydroxyl groups is 1. The Morgan fingerprint density at radius 3 is 2.34 bits per heavy atom. The minimum absolute atomic E-state index is 0.0932. The van der Waals surface area contributed by atoms with Crippen molar-refractivity contribution < 1.29 is 5.11 Å². The molecule has 0 radical (unpaired) electrons. The molecular weight excluding hydrogens is 366 g/mol. The molecule has 0 atom stereocenters. The molecule has 3 aromatic carbocycles. The van der Waals surface area contributed by atoms with E-state index in [0.717, 1.165) is 10.9 Å². The summed E-state index contributed by atoms with van der Waals surface area (Å²) in [5.41, 5.74) is 1.96. The third-order valence-corrected chi connectivity index (χ3v) is 4.67. The number of H-pyrrole nitrogens is 1. The Morgan fingerprint density at radius 1 is 0.828 bits per heavy atom. The zero-order valence-electron chi connectivity index (χ0n) is 15.1. The molecule has 0 amide bonds. The summed E-state index contributed by atoms with van der Waals surface area (Å²) >= 11 is 0. The van der Waals surface area contributed by atoms with Gasteiger partial charge in [-0.1, -0.05) is 48.5 Å². The van der Waals surface area contributed by atoms with E-state index in [9.17, 15) is 9.90 Å². The number of aromatic nitrogens is 3. The summed E-state index contributed by atoms with van der Waals surface area (Å²) in [5.74, 6) is 0.0360. The van der Waals surface area contributed by atoms with Gasteiger partial charge in [0.05, 0.1) is 22.1 Å². The minimum Gasteiger partial charge on any atom is -0.493 e. The molecule has 0 saturated heterocycles. The SMILES string of the molecule is O=c1c2ccccc2nc(N=Nc2c(O)[nH]c3ccccc23)n1-c1ccccc1. The van der Waals surface area contributed by atoms with E-state index in [1.165, 1.54) is 4.57 Å². The van der Waals surface area contributed by atoms with Crippen molar-refractivity contribution in [3.63, 3.8) is 0 Å². The lowest BCUT2D eigenvalue weighted by Gasteiger charge is -2.09. The Balaban J connectivity index is 1.75. The van der Waals surface area contributed by atoms with Crippen LogP contribution >= 0.6 is 0 Å². The maximum absolute atomic E-state index is 13.2. The summed E-state index contributed by atoms with van der Waals surface area (Å²) in [7, 11) is 0. The molecule has 140 valence electrons. The largest absolute Gasteiger partial charge is 0.493 e. The van der Waals surface area contributed by atoms with Crippen molar-refractivity contribution in [1.29, 1.82) is 0 Å². The Hall–Kier alpha value is -4.26. The fraction of sp³-hybridized carbons (Fsp3) is 0. The average Bonchev–Trinajstić information content (AvgIpc) is 3.08. The van der Waals surface area contributed by atoms with Crippen molar-refractivity contribution in [2.75, 3.05) is 0 Å². The molecular formula is C22H15N5O2. The quantitative estimate of drug-likeness (QED) is 0.431. The number of azo groups is 1. The first-order valence-electron chi connectivity index (χ1n) is 9.01. The molecule has 5 aromatic rings. The first-order chi connectivity index (χ1) is 14.2. The molecule has 0 aliphatic heterocycles. The second-order valence-corrected chi connectivity index (χ2v) is 6.47. The first-order valence-corrected chi connectivity index (χ1v) is 9.01. The number of para-hydroxylation sites is 3. The van der Waals surface area contributed by atoms with Crippen molar-refractivity contribution in [3.05, 3.63) is 89.2 Å². The zero-order valence-corrected chi connectivity index (χ0v) is 15.1. The monoisotopic (exact) mass is 381 g/mol. The van der Waals surface area contributed by atoms with Crippen LogP contribution in [-0.2, 0) is 0 Å². The van der Waals surface area contributed by atoms with Gasteiger partial charge >= 0.3 is 0 Å². The van der Waals surface area contributed by atoms with Gasteiger partial charge in [0, 0.05) is 5.39 Å². The summed E-state index contributed by atoms with van der Waals surface area (Å²) in [6.07, 6.45) is 0. The molecule has 2 heterocycles. The molecule has 2 N–H and O–H groups in total. The molecule has 7 nitrogen and oxygen atoms in total. The Bertz CT molecular complexity index is 1430. The van der Waals surface area contributed by atoms with Gasteiger partial charge in [-0.25, -0.2) is 9.55 Å². The molecule has 0 spiro atoms. The highest BCUT2D eigenvalue weighted by Gasteiger charge is 2.14. The van der Waals surface area contributed by atoms with E-state index in [4.69, 9.17) is 0 Å². The molecule has 0 unspecified atom stereocenters. The van der Waals surface area contributed by atoms with Gasteiger partial charge in [-0.15, -0.1) is 10.2 Å². The molecule has 0 bridgehead atoms. The van der Waals surface area contributed by atoms with E-state index in [1.54, 1.807) is 30.3 Å². The van der Waals surface area contributed by atoms with E-state index in [1.807, 2.05) is 48.5 Å². The van der Waals surface area contributed by atoms with Crippen LogP contribution in [0.2, 0.25) is 0 Å². The maximum Gasteiger partial charge on any atom is 0.267 e. The molecule has 0 fully saturated rings. The molecule has 0 saturated carbocycles. The lowest BCUT2D eigenvalue weighted by Crippen LogP contribution is -2.19.